The van der Waals surface area contributed by atoms with Crippen LogP contribution in [0.15, 0.2) is 24.3 Å². The molecule has 7 heteroatoms. The fourth-order valence-corrected chi connectivity index (χ4v) is 3.25. The predicted molar refractivity (Wildman–Crippen MR) is 86.7 cm³/mol. The minimum atomic E-state index is -0.383. The van der Waals surface area contributed by atoms with Gasteiger partial charge in [-0.2, -0.15) is 0 Å². The van der Waals surface area contributed by atoms with Gasteiger partial charge in [-0.05, 0) is 12.1 Å². The fourth-order valence-electron chi connectivity index (χ4n) is 3.25. The number of hydrogen-bond donors (Lipinski definition) is 0. The quantitative estimate of drug-likeness (QED) is 0.741. The normalized spacial score (nSPS) is 22.2. The molecule has 128 valence electrons. The molecule has 24 heavy (non-hydrogen) atoms. The molecule has 1 aromatic rings. The van der Waals surface area contributed by atoms with Crippen molar-refractivity contribution in [2.75, 3.05) is 40.3 Å². The van der Waals surface area contributed by atoms with Crippen LogP contribution >= 0.6 is 0 Å². The lowest BCUT2D eigenvalue weighted by Crippen LogP contribution is -2.53. The first-order chi connectivity index (χ1) is 11.5. The molecule has 7 nitrogen and oxygen atoms in total. The first-order valence-electron chi connectivity index (χ1n) is 7.99. The summed E-state index contributed by atoms with van der Waals surface area (Å²) in [6, 6.07) is 6.77. The van der Waals surface area contributed by atoms with E-state index in [2.05, 4.69) is 0 Å². The zero-order chi connectivity index (χ0) is 17.3. The number of ether oxygens (including phenoxy) is 1. The maximum atomic E-state index is 12.7. The van der Waals surface area contributed by atoms with Crippen LogP contribution in [0, 0.1) is 0 Å². The molecule has 3 rings (SSSR count). The average Bonchev–Trinajstić information content (AvgIpc) is 2.88. The summed E-state index contributed by atoms with van der Waals surface area (Å²) in [4.78, 5) is 41.4. The van der Waals surface area contributed by atoms with E-state index in [9.17, 15) is 14.4 Å². The van der Waals surface area contributed by atoms with Gasteiger partial charge in [-0.15, -0.1) is 0 Å². The summed E-state index contributed by atoms with van der Waals surface area (Å²) < 4.78 is 5.25. The fraction of sp³-hybridized carbons (Fsp3) is 0.471. The summed E-state index contributed by atoms with van der Waals surface area (Å²) in [5, 5.41) is 0. The molecule has 1 aromatic carbocycles. The van der Waals surface area contributed by atoms with Gasteiger partial charge >= 0.3 is 0 Å². The summed E-state index contributed by atoms with van der Waals surface area (Å²) in [5.41, 5.74) is 0.542. The molecule has 2 saturated heterocycles. The van der Waals surface area contributed by atoms with Gasteiger partial charge in [-0.3, -0.25) is 24.2 Å². The van der Waals surface area contributed by atoms with E-state index in [4.69, 9.17) is 4.74 Å². The van der Waals surface area contributed by atoms with Gasteiger partial charge in [0.25, 0.3) is 5.91 Å². The molecule has 0 radical (unpaired) electrons. The highest BCUT2D eigenvalue weighted by atomic mass is 16.5. The third kappa shape index (κ3) is 2.87. The Bertz CT molecular complexity index is 668. The van der Waals surface area contributed by atoms with E-state index in [1.165, 1.54) is 11.9 Å². The number of para-hydroxylation sites is 1. The van der Waals surface area contributed by atoms with Crippen LogP contribution in [-0.2, 0) is 9.59 Å². The lowest BCUT2D eigenvalue weighted by Gasteiger charge is -2.37. The van der Waals surface area contributed by atoms with Crippen molar-refractivity contribution in [1.82, 2.24) is 14.7 Å². The molecule has 1 atom stereocenters. The minimum absolute atomic E-state index is 0.0713. The highest BCUT2D eigenvalue weighted by Gasteiger charge is 2.41. The number of imide groups is 1. The molecule has 2 aliphatic rings. The van der Waals surface area contributed by atoms with E-state index in [1.54, 1.807) is 24.1 Å². The maximum absolute atomic E-state index is 12.7. The summed E-state index contributed by atoms with van der Waals surface area (Å²) >= 11 is 0. The predicted octanol–water partition coefficient (Wildman–Crippen LogP) is 0.210. The van der Waals surface area contributed by atoms with Crippen molar-refractivity contribution >= 4 is 17.7 Å². The Morgan fingerprint density at radius 1 is 1.12 bits per heavy atom. The van der Waals surface area contributed by atoms with Gasteiger partial charge in [0.15, 0.2) is 0 Å². The maximum Gasteiger partial charge on any atom is 0.257 e. The molecule has 0 spiro atoms. The second kappa shape index (κ2) is 6.60. The van der Waals surface area contributed by atoms with Gasteiger partial charge < -0.3 is 9.64 Å². The van der Waals surface area contributed by atoms with Crippen molar-refractivity contribution in [3.05, 3.63) is 29.8 Å². The molecule has 0 aromatic heterocycles. The summed E-state index contributed by atoms with van der Waals surface area (Å²) in [7, 11) is 3.06. The van der Waals surface area contributed by atoms with Gasteiger partial charge in [0.2, 0.25) is 11.8 Å². The molecule has 3 amide bonds. The Balaban J connectivity index is 1.64. The van der Waals surface area contributed by atoms with Gasteiger partial charge in [-0.25, -0.2) is 0 Å². The smallest absolute Gasteiger partial charge is 0.257 e. The Morgan fingerprint density at radius 2 is 1.79 bits per heavy atom. The zero-order valence-electron chi connectivity index (χ0n) is 13.9. The molecule has 2 aliphatic heterocycles. The van der Waals surface area contributed by atoms with E-state index >= 15 is 0 Å². The van der Waals surface area contributed by atoms with Crippen LogP contribution in [0.3, 0.4) is 0 Å². The Morgan fingerprint density at radius 3 is 2.38 bits per heavy atom. The Hall–Kier alpha value is -2.41. The zero-order valence-corrected chi connectivity index (χ0v) is 13.9. The molecule has 2 heterocycles. The number of benzene rings is 1. The summed E-state index contributed by atoms with van der Waals surface area (Å²) in [6.07, 6.45) is 0.232. The number of likely N-dealkylation sites (tertiary alicyclic amines) is 1. The number of likely N-dealkylation sites (N-methyl/N-ethyl adjacent to an activating group) is 1. The highest BCUT2D eigenvalue weighted by Crippen LogP contribution is 2.22. The lowest BCUT2D eigenvalue weighted by atomic mass is 10.1. The monoisotopic (exact) mass is 331 g/mol. The number of rotatable bonds is 3. The first-order valence-corrected chi connectivity index (χ1v) is 7.99. The molecule has 2 fully saturated rings. The van der Waals surface area contributed by atoms with Crippen LogP contribution in [-0.4, -0.2) is 78.8 Å². The average molecular weight is 331 g/mol. The second-order valence-corrected chi connectivity index (χ2v) is 6.04. The van der Waals surface area contributed by atoms with E-state index in [0.29, 0.717) is 37.5 Å². The Kier molecular flexibility index (Phi) is 4.53. The Labute approximate surface area is 140 Å². The number of hydrogen-bond acceptors (Lipinski definition) is 5. The van der Waals surface area contributed by atoms with Crippen LogP contribution in [0.4, 0.5) is 0 Å². The van der Waals surface area contributed by atoms with E-state index in [0.717, 1.165) is 0 Å². The molecule has 0 saturated carbocycles. The number of nitrogens with zero attached hydrogens (tertiary/aromatic N) is 3. The van der Waals surface area contributed by atoms with Crippen molar-refractivity contribution in [2.24, 2.45) is 0 Å². The molecular formula is C17H21N3O4. The number of amides is 3. The third-order valence-electron chi connectivity index (χ3n) is 4.74. The van der Waals surface area contributed by atoms with Crippen LogP contribution in [0.2, 0.25) is 0 Å². The van der Waals surface area contributed by atoms with Crippen LogP contribution < -0.4 is 4.74 Å². The van der Waals surface area contributed by atoms with Crippen molar-refractivity contribution in [3.63, 3.8) is 0 Å². The molecule has 1 unspecified atom stereocenters. The minimum Gasteiger partial charge on any atom is -0.496 e. The summed E-state index contributed by atoms with van der Waals surface area (Å²) in [5.74, 6) is 0.197. The topological polar surface area (TPSA) is 70.2 Å². The van der Waals surface area contributed by atoms with E-state index < -0.39 is 0 Å². The number of carbonyl (C=O) groups is 3. The molecule has 0 bridgehead atoms. The van der Waals surface area contributed by atoms with Gasteiger partial charge in [0, 0.05) is 33.2 Å². The molecule has 0 aliphatic carbocycles. The van der Waals surface area contributed by atoms with Crippen molar-refractivity contribution in [1.29, 1.82) is 0 Å². The van der Waals surface area contributed by atoms with Gasteiger partial charge in [-0.1, -0.05) is 12.1 Å². The lowest BCUT2D eigenvalue weighted by molar-refractivity contribution is -0.138. The molecular weight excluding hydrogens is 310 g/mol. The summed E-state index contributed by atoms with van der Waals surface area (Å²) in [6.45, 7) is 2.22. The number of methoxy groups -OCH3 is 1. The van der Waals surface area contributed by atoms with Crippen LogP contribution in [0.5, 0.6) is 5.75 Å². The van der Waals surface area contributed by atoms with Crippen LogP contribution in [0.25, 0.3) is 0 Å². The van der Waals surface area contributed by atoms with E-state index in [-0.39, 0.29) is 30.2 Å². The SMILES string of the molecule is COc1ccccc1C(=O)N1CCN(C2CC(=O)N(C)C2=O)CC1. The number of piperazine rings is 1. The largest absolute Gasteiger partial charge is 0.496 e. The second-order valence-electron chi connectivity index (χ2n) is 6.04. The van der Waals surface area contributed by atoms with Gasteiger partial charge in [0.05, 0.1) is 25.1 Å². The van der Waals surface area contributed by atoms with Crippen molar-refractivity contribution in [2.45, 2.75) is 12.5 Å². The van der Waals surface area contributed by atoms with E-state index in [1.807, 2.05) is 17.0 Å². The first kappa shape index (κ1) is 16.4. The van der Waals surface area contributed by atoms with Crippen molar-refractivity contribution in [3.8, 4) is 5.75 Å². The standard InChI is InChI=1S/C17H21N3O4/c1-18-15(21)11-13(17(18)23)19-7-9-20(10-8-19)16(22)12-5-3-4-6-14(12)24-2/h3-6,13H,7-11H2,1-2H3. The third-order valence-corrected chi connectivity index (χ3v) is 4.74. The van der Waals surface area contributed by atoms with Gasteiger partial charge in [0.1, 0.15) is 5.75 Å². The molecule has 0 N–H and O–H groups in total. The van der Waals surface area contributed by atoms with Crippen molar-refractivity contribution < 1.29 is 19.1 Å². The highest BCUT2D eigenvalue weighted by molar-refractivity contribution is 6.05. The van der Waals surface area contributed by atoms with Crippen LogP contribution in [0.1, 0.15) is 16.8 Å². The number of carbonyl (C=O) groups excluding carboxylic acids is 3.